The van der Waals surface area contributed by atoms with E-state index in [1.165, 1.54) is 21.5 Å². The number of para-hydroxylation sites is 2. The zero-order valence-electron chi connectivity index (χ0n) is 24.7. The van der Waals surface area contributed by atoms with Gasteiger partial charge in [0, 0.05) is 21.5 Å². The first-order chi connectivity index (χ1) is 22.8. The highest BCUT2D eigenvalue weighted by Gasteiger charge is 2.26. The van der Waals surface area contributed by atoms with Gasteiger partial charge < -0.3 is 8.39 Å². The number of benzene rings is 8. The summed E-state index contributed by atoms with van der Waals surface area (Å²) >= 11 is 0. The van der Waals surface area contributed by atoms with Crippen LogP contribution in [0.3, 0.4) is 0 Å². The number of rotatable bonds is 1. The van der Waals surface area contributed by atoms with Crippen molar-refractivity contribution in [2.24, 2.45) is 0 Å². The summed E-state index contributed by atoms with van der Waals surface area (Å²) in [6.45, 7) is 0. The predicted molar refractivity (Wildman–Crippen MR) is 196 cm³/mol. The molecule has 0 unspecified atom stereocenters. The van der Waals surface area contributed by atoms with Crippen LogP contribution < -0.4 is 4.67 Å². The zero-order valence-corrected chi connectivity index (χ0v) is 25.6. The van der Waals surface area contributed by atoms with E-state index >= 15 is 0 Å². The van der Waals surface area contributed by atoms with Crippen molar-refractivity contribution in [1.29, 1.82) is 0 Å². The number of nitrogens with zero attached hydrogens (tertiary/aromatic N) is 1. The van der Waals surface area contributed by atoms with Crippen molar-refractivity contribution in [2.45, 2.75) is 0 Å². The molecule has 1 aromatic heterocycles. The SMILES string of the molecule is C1=Cc2ccccc2N(p2oc3c4ccccc4c4ccccc4c3c3c4ccccc4c4ccccc4c3o2)c2ccccc21. The van der Waals surface area contributed by atoms with Crippen LogP contribution in [-0.4, -0.2) is 0 Å². The first-order valence-electron chi connectivity index (χ1n) is 15.5. The van der Waals surface area contributed by atoms with E-state index in [2.05, 4.69) is 162 Å². The summed E-state index contributed by atoms with van der Waals surface area (Å²) in [5.74, 6) is 0. The molecule has 0 bridgehead atoms. The minimum atomic E-state index is -1.74. The van der Waals surface area contributed by atoms with Crippen molar-refractivity contribution in [3.8, 4) is 0 Å². The highest BCUT2D eigenvalue weighted by molar-refractivity contribution is 7.40. The van der Waals surface area contributed by atoms with Gasteiger partial charge in [-0.2, -0.15) is 0 Å². The lowest BCUT2D eigenvalue weighted by atomic mass is 9.92. The molecule has 0 amide bonds. The molecule has 0 N–H and O–H groups in total. The molecule has 9 aromatic rings. The Bertz CT molecular complexity index is 2590. The lowest BCUT2D eigenvalue weighted by Gasteiger charge is -2.23. The maximum Gasteiger partial charge on any atom is 0.346 e. The Morgan fingerprint density at radius 2 is 0.674 bits per heavy atom. The van der Waals surface area contributed by atoms with Crippen molar-refractivity contribution < 1.29 is 8.39 Å². The molecular weight excluding hydrogens is 581 g/mol. The summed E-state index contributed by atoms with van der Waals surface area (Å²) in [4.78, 5) is 0. The van der Waals surface area contributed by atoms with E-state index < -0.39 is 8.16 Å². The summed E-state index contributed by atoms with van der Waals surface area (Å²) in [7, 11) is -1.74. The molecule has 0 fully saturated rings. The standard InChI is InChI=1S/C42H26NO2P/c1-11-23-37-27(13-1)25-26-28-14-2-12-24-38(28)43(37)46-44-41-35-21-9-5-17-31(35)29-15-3-7-19-33(29)39(41)40-34-20-8-4-16-30(34)32-18-6-10-22-36(32)42(40)45-46/h1-26H. The van der Waals surface area contributed by atoms with Gasteiger partial charge in [0.2, 0.25) is 0 Å². The first-order valence-corrected chi connectivity index (χ1v) is 16.7. The van der Waals surface area contributed by atoms with Crippen molar-refractivity contribution >= 4 is 96.7 Å². The number of anilines is 2. The summed E-state index contributed by atoms with van der Waals surface area (Å²) in [5.41, 5.74) is 6.04. The molecule has 0 atom stereocenters. The van der Waals surface area contributed by atoms with Gasteiger partial charge in [0.25, 0.3) is 0 Å². The van der Waals surface area contributed by atoms with Crippen LogP contribution >= 0.6 is 8.16 Å². The van der Waals surface area contributed by atoms with Gasteiger partial charge in [-0.25, -0.2) is 4.67 Å². The molecule has 8 aromatic carbocycles. The van der Waals surface area contributed by atoms with Crippen LogP contribution in [0.1, 0.15) is 11.1 Å². The molecule has 0 saturated carbocycles. The maximum atomic E-state index is 7.41. The molecule has 46 heavy (non-hydrogen) atoms. The normalized spacial score (nSPS) is 12.7. The lowest BCUT2D eigenvalue weighted by molar-refractivity contribution is 0.643. The summed E-state index contributed by atoms with van der Waals surface area (Å²) in [6.07, 6.45) is 4.38. The minimum Gasteiger partial charge on any atom is -0.403 e. The molecule has 1 aliphatic heterocycles. The van der Waals surface area contributed by atoms with Crippen LogP contribution in [0.4, 0.5) is 11.4 Å². The van der Waals surface area contributed by atoms with Crippen LogP contribution in [0.25, 0.3) is 77.2 Å². The molecule has 3 nitrogen and oxygen atoms in total. The van der Waals surface area contributed by atoms with Gasteiger partial charge >= 0.3 is 8.16 Å². The largest absolute Gasteiger partial charge is 0.403 e. The number of hydrogen-bond acceptors (Lipinski definition) is 3. The lowest BCUT2D eigenvalue weighted by Crippen LogP contribution is -2.07. The minimum absolute atomic E-state index is 0.853. The third kappa shape index (κ3) is 3.61. The Labute approximate surface area is 265 Å². The average molecular weight is 608 g/mol. The fourth-order valence-electron chi connectivity index (χ4n) is 7.29. The van der Waals surface area contributed by atoms with E-state index in [1.807, 2.05) is 0 Å². The van der Waals surface area contributed by atoms with Crippen molar-refractivity contribution in [3.63, 3.8) is 0 Å². The summed E-state index contributed by atoms with van der Waals surface area (Å²) < 4.78 is 17.1. The van der Waals surface area contributed by atoms with Gasteiger partial charge in [0.1, 0.15) is 0 Å². The third-order valence-electron chi connectivity index (χ3n) is 9.30. The van der Waals surface area contributed by atoms with Crippen LogP contribution in [-0.2, 0) is 0 Å². The molecule has 0 radical (unpaired) electrons. The Morgan fingerprint density at radius 3 is 1.11 bits per heavy atom. The van der Waals surface area contributed by atoms with Crippen LogP contribution in [0.5, 0.6) is 0 Å². The van der Waals surface area contributed by atoms with Gasteiger partial charge in [0.15, 0.2) is 11.2 Å². The Hall–Kier alpha value is -5.76. The number of hydrogen-bond donors (Lipinski definition) is 0. The fraction of sp³-hybridized carbons (Fsp3) is 0. The van der Waals surface area contributed by atoms with Gasteiger partial charge in [-0.1, -0.05) is 146 Å². The summed E-state index contributed by atoms with van der Waals surface area (Å²) in [6, 6.07) is 51.6. The molecule has 4 heteroatoms. The van der Waals surface area contributed by atoms with E-state index in [0.29, 0.717) is 0 Å². The van der Waals surface area contributed by atoms with Gasteiger partial charge in [-0.15, -0.1) is 0 Å². The van der Waals surface area contributed by atoms with Crippen molar-refractivity contribution in [2.75, 3.05) is 4.67 Å². The fourth-order valence-corrected chi connectivity index (χ4v) is 8.90. The summed E-state index contributed by atoms with van der Waals surface area (Å²) in [5, 5.41) is 11.3. The smallest absolute Gasteiger partial charge is 0.346 e. The second kappa shape index (κ2) is 9.87. The van der Waals surface area contributed by atoms with E-state index in [9.17, 15) is 0 Å². The molecule has 2 heterocycles. The molecule has 0 saturated heterocycles. The monoisotopic (exact) mass is 607 g/mol. The topological polar surface area (TPSA) is 29.5 Å². The van der Waals surface area contributed by atoms with Gasteiger partial charge in [0.05, 0.1) is 11.4 Å². The van der Waals surface area contributed by atoms with Crippen LogP contribution in [0, 0.1) is 0 Å². The first kappa shape index (κ1) is 25.6. The zero-order chi connectivity index (χ0) is 30.2. The molecule has 0 aliphatic carbocycles. The Morgan fingerprint density at radius 1 is 0.348 bits per heavy atom. The second-order valence-corrected chi connectivity index (χ2v) is 13.0. The van der Waals surface area contributed by atoms with E-state index in [4.69, 9.17) is 8.39 Å². The molecule has 216 valence electrons. The predicted octanol–water partition coefficient (Wildman–Crippen LogP) is 13.0. The van der Waals surface area contributed by atoms with Gasteiger partial charge in [-0.3, -0.25) is 0 Å². The van der Waals surface area contributed by atoms with Crippen molar-refractivity contribution in [3.05, 3.63) is 157 Å². The molecular formula is C42H26NO2P. The Balaban J connectivity index is 1.53. The van der Waals surface area contributed by atoms with Crippen LogP contribution in [0.15, 0.2) is 154 Å². The molecule has 10 rings (SSSR count). The quantitative estimate of drug-likeness (QED) is 0.174. The Kier molecular flexibility index (Phi) is 5.48. The highest BCUT2D eigenvalue weighted by atomic mass is 31.1. The van der Waals surface area contributed by atoms with E-state index in [1.54, 1.807) is 0 Å². The highest BCUT2D eigenvalue weighted by Crippen LogP contribution is 2.53. The molecule has 1 aliphatic rings. The number of fused-ring (bicyclic) bond motifs is 15. The van der Waals surface area contributed by atoms with E-state index in [-0.39, 0.29) is 0 Å². The van der Waals surface area contributed by atoms with Crippen LogP contribution in [0.2, 0.25) is 0 Å². The third-order valence-corrected chi connectivity index (χ3v) is 10.7. The van der Waals surface area contributed by atoms with E-state index in [0.717, 1.165) is 66.0 Å². The average Bonchev–Trinajstić information content (AvgIpc) is 3.41. The van der Waals surface area contributed by atoms with Gasteiger partial charge in [-0.05, 0) is 55.6 Å². The van der Waals surface area contributed by atoms with Crippen molar-refractivity contribution in [1.82, 2.24) is 0 Å². The molecule has 0 spiro atoms. The second-order valence-electron chi connectivity index (χ2n) is 11.8. The maximum absolute atomic E-state index is 7.41.